The van der Waals surface area contributed by atoms with Crippen LogP contribution < -0.4 is 15.5 Å². The number of urea groups is 1. The van der Waals surface area contributed by atoms with E-state index in [1.54, 1.807) is 29.2 Å². The zero-order valence-corrected chi connectivity index (χ0v) is 16.5. The van der Waals surface area contributed by atoms with Crippen LogP contribution in [-0.4, -0.2) is 39.7 Å². The summed E-state index contributed by atoms with van der Waals surface area (Å²) < 4.78 is 23.5. The minimum Gasteiger partial charge on any atom is -0.337 e. The Labute approximate surface area is 164 Å². The van der Waals surface area contributed by atoms with Crippen LogP contribution in [0.25, 0.3) is 0 Å². The molecule has 28 heavy (non-hydrogen) atoms. The molecule has 0 fully saturated rings. The summed E-state index contributed by atoms with van der Waals surface area (Å²) in [7, 11) is -3.28. The van der Waals surface area contributed by atoms with E-state index in [0.717, 1.165) is 24.1 Å². The van der Waals surface area contributed by atoms with E-state index in [4.69, 9.17) is 0 Å². The number of fused-ring (bicyclic) bond motifs is 1. The Balaban J connectivity index is 1.58. The van der Waals surface area contributed by atoms with E-state index >= 15 is 0 Å². The molecule has 0 spiro atoms. The molecule has 0 atom stereocenters. The average molecular weight is 401 g/mol. The molecular weight excluding hydrogens is 378 g/mol. The van der Waals surface area contributed by atoms with Gasteiger partial charge in [-0.25, -0.2) is 13.2 Å². The number of para-hydroxylation sites is 1. The highest BCUT2D eigenvalue weighted by atomic mass is 32.2. The lowest BCUT2D eigenvalue weighted by molar-refractivity contribution is -0.118. The molecule has 0 saturated carbocycles. The Bertz CT molecular complexity index is 974. The van der Waals surface area contributed by atoms with E-state index in [0.29, 0.717) is 12.2 Å². The summed E-state index contributed by atoms with van der Waals surface area (Å²) in [6, 6.07) is 13.6. The lowest BCUT2D eigenvalue weighted by Crippen LogP contribution is -2.38. The van der Waals surface area contributed by atoms with Crippen LogP contribution in [0.1, 0.15) is 18.4 Å². The van der Waals surface area contributed by atoms with Crippen LogP contribution in [0.5, 0.6) is 0 Å². The molecule has 2 aromatic rings. The van der Waals surface area contributed by atoms with Gasteiger partial charge in [-0.2, -0.15) is 0 Å². The monoisotopic (exact) mass is 401 g/mol. The SMILES string of the molecule is CS(=O)(=O)c1ccc2c(c1)CCCN2C(=O)CCNC(=O)Nc1ccccc1. The number of benzene rings is 2. The number of sulfone groups is 1. The molecular formula is C20H23N3O4S. The third-order valence-electron chi connectivity index (χ3n) is 4.55. The minimum atomic E-state index is -3.28. The average Bonchev–Trinajstić information content (AvgIpc) is 2.67. The number of carbonyl (C=O) groups is 2. The molecule has 8 heteroatoms. The van der Waals surface area contributed by atoms with Crippen molar-refractivity contribution in [1.29, 1.82) is 0 Å². The molecule has 1 aliphatic rings. The van der Waals surface area contributed by atoms with E-state index in [9.17, 15) is 18.0 Å². The number of anilines is 2. The van der Waals surface area contributed by atoms with Gasteiger partial charge in [0.15, 0.2) is 9.84 Å². The van der Waals surface area contributed by atoms with E-state index in [1.807, 2.05) is 18.2 Å². The van der Waals surface area contributed by atoms with Crippen LogP contribution in [0.4, 0.5) is 16.2 Å². The van der Waals surface area contributed by atoms with Crippen molar-refractivity contribution in [3.05, 3.63) is 54.1 Å². The third kappa shape index (κ3) is 4.89. The highest BCUT2D eigenvalue weighted by Gasteiger charge is 2.23. The van der Waals surface area contributed by atoms with Gasteiger partial charge < -0.3 is 15.5 Å². The molecule has 3 amide bonds. The number of nitrogens with one attached hydrogen (secondary N) is 2. The summed E-state index contributed by atoms with van der Waals surface area (Å²) >= 11 is 0. The second-order valence-corrected chi connectivity index (χ2v) is 8.72. The second-order valence-electron chi connectivity index (χ2n) is 6.71. The van der Waals surface area contributed by atoms with Crippen molar-refractivity contribution in [3.8, 4) is 0 Å². The van der Waals surface area contributed by atoms with Crippen LogP contribution in [0.15, 0.2) is 53.4 Å². The minimum absolute atomic E-state index is 0.104. The van der Waals surface area contributed by atoms with Gasteiger partial charge in [-0.1, -0.05) is 18.2 Å². The summed E-state index contributed by atoms with van der Waals surface area (Å²) in [6.07, 6.45) is 2.84. The Hall–Kier alpha value is -2.87. The molecule has 1 aliphatic heterocycles. The molecule has 3 rings (SSSR count). The van der Waals surface area contributed by atoms with E-state index in [-0.39, 0.29) is 29.8 Å². The number of carbonyl (C=O) groups excluding carboxylic acids is 2. The number of rotatable bonds is 5. The van der Waals surface area contributed by atoms with Gasteiger partial charge >= 0.3 is 6.03 Å². The van der Waals surface area contributed by atoms with Crippen molar-refractivity contribution < 1.29 is 18.0 Å². The van der Waals surface area contributed by atoms with Crippen molar-refractivity contribution in [3.63, 3.8) is 0 Å². The Morgan fingerprint density at radius 3 is 2.57 bits per heavy atom. The maximum absolute atomic E-state index is 12.6. The molecule has 0 aromatic heterocycles. The summed E-state index contributed by atoms with van der Waals surface area (Å²) in [5.74, 6) is -0.104. The van der Waals surface area contributed by atoms with Crippen molar-refractivity contribution in [2.75, 3.05) is 29.6 Å². The second kappa shape index (κ2) is 8.43. The number of nitrogens with zero attached hydrogens (tertiary/aromatic N) is 1. The zero-order chi connectivity index (χ0) is 20.1. The number of hydrogen-bond acceptors (Lipinski definition) is 4. The van der Waals surface area contributed by atoms with Crippen LogP contribution in [0, 0.1) is 0 Å². The van der Waals surface area contributed by atoms with Gasteiger partial charge in [-0.15, -0.1) is 0 Å². The first kappa shape index (κ1) is 19.9. The first-order valence-electron chi connectivity index (χ1n) is 9.08. The lowest BCUT2D eigenvalue weighted by Gasteiger charge is -2.30. The van der Waals surface area contributed by atoms with Crippen LogP contribution in [0.3, 0.4) is 0 Å². The maximum atomic E-state index is 12.6. The van der Waals surface area contributed by atoms with Crippen molar-refractivity contribution in [1.82, 2.24) is 5.32 Å². The normalized spacial score (nSPS) is 13.5. The fourth-order valence-electron chi connectivity index (χ4n) is 3.18. The summed E-state index contributed by atoms with van der Waals surface area (Å²) in [4.78, 5) is 26.4. The molecule has 2 aromatic carbocycles. The highest BCUT2D eigenvalue weighted by molar-refractivity contribution is 7.90. The molecule has 0 saturated heterocycles. The standard InChI is InChI=1S/C20H23N3O4S/c1-28(26,27)17-9-10-18-15(14-17)6-5-13-23(18)19(24)11-12-21-20(25)22-16-7-3-2-4-8-16/h2-4,7-10,14H,5-6,11-13H2,1H3,(H2,21,22,25). The first-order chi connectivity index (χ1) is 13.3. The number of aryl methyl sites for hydroxylation is 1. The molecule has 0 bridgehead atoms. The zero-order valence-electron chi connectivity index (χ0n) is 15.6. The summed E-state index contributed by atoms with van der Waals surface area (Å²) in [5, 5.41) is 5.38. The topological polar surface area (TPSA) is 95.6 Å². The number of hydrogen-bond donors (Lipinski definition) is 2. The van der Waals surface area contributed by atoms with Gasteiger partial charge in [0.1, 0.15) is 0 Å². The molecule has 0 radical (unpaired) electrons. The smallest absolute Gasteiger partial charge is 0.319 e. The predicted octanol–water partition coefficient (Wildman–Crippen LogP) is 2.58. The van der Waals surface area contributed by atoms with Gasteiger partial charge in [0, 0.05) is 37.1 Å². The predicted molar refractivity (Wildman–Crippen MR) is 108 cm³/mol. The van der Waals surface area contributed by atoms with Gasteiger partial charge in [0.05, 0.1) is 4.90 Å². The maximum Gasteiger partial charge on any atom is 0.319 e. The summed E-state index contributed by atoms with van der Waals surface area (Å²) in [6.45, 7) is 0.797. The van der Waals surface area contributed by atoms with Crippen LogP contribution in [0.2, 0.25) is 0 Å². The Morgan fingerprint density at radius 1 is 1.11 bits per heavy atom. The Morgan fingerprint density at radius 2 is 1.86 bits per heavy atom. The fraction of sp³-hybridized carbons (Fsp3) is 0.300. The molecule has 7 nitrogen and oxygen atoms in total. The van der Waals surface area contributed by atoms with Crippen LogP contribution in [-0.2, 0) is 21.1 Å². The molecule has 2 N–H and O–H groups in total. The molecule has 148 valence electrons. The first-order valence-corrected chi connectivity index (χ1v) is 11.0. The van der Waals surface area contributed by atoms with Gasteiger partial charge in [0.2, 0.25) is 5.91 Å². The van der Waals surface area contributed by atoms with Gasteiger partial charge in [-0.05, 0) is 48.7 Å². The third-order valence-corrected chi connectivity index (χ3v) is 5.67. The number of amides is 3. The van der Waals surface area contributed by atoms with Crippen molar-refractivity contribution in [2.45, 2.75) is 24.2 Å². The van der Waals surface area contributed by atoms with Crippen molar-refractivity contribution >= 4 is 33.2 Å². The van der Waals surface area contributed by atoms with Gasteiger partial charge in [0.25, 0.3) is 0 Å². The van der Waals surface area contributed by atoms with Gasteiger partial charge in [-0.3, -0.25) is 4.79 Å². The van der Waals surface area contributed by atoms with Crippen molar-refractivity contribution in [2.24, 2.45) is 0 Å². The highest BCUT2D eigenvalue weighted by Crippen LogP contribution is 2.29. The van der Waals surface area contributed by atoms with E-state index in [2.05, 4.69) is 10.6 Å². The summed E-state index contributed by atoms with van der Waals surface area (Å²) in [5.41, 5.74) is 2.28. The quantitative estimate of drug-likeness (QED) is 0.805. The van der Waals surface area contributed by atoms with E-state index < -0.39 is 9.84 Å². The lowest BCUT2D eigenvalue weighted by atomic mass is 10.0. The molecule has 0 unspecified atom stereocenters. The Kier molecular flexibility index (Phi) is 5.99. The van der Waals surface area contributed by atoms with Crippen LogP contribution >= 0.6 is 0 Å². The molecule has 0 aliphatic carbocycles. The fourth-order valence-corrected chi connectivity index (χ4v) is 3.85. The van der Waals surface area contributed by atoms with E-state index in [1.165, 1.54) is 12.3 Å². The largest absolute Gasteiger partial charge is 0.337 e. The molecule has 1 heterocycles.